The van der Waals surface area contributed by atoms with Crippen molar-refractivity contribution in [3.8, 4) is 0 Å². The van der Waals surface area contributed by atoms with Crippen LogP contribution in [0.1, 0.15) is 30.9 Å². The smallest absolute Gasteiger partial charge is 0.206 e. The molecule has 0 nitrogen and oxygen atoms in total. The molecule has 15 heavy (non-hydrogen) atoms. The Morgan fingerprint density at radius 1 is 1.33 bits per heavy atom. The summed E-state index contributed by atoms with van der Waals surface area (Å²) in [6, 6.07) is 2.94. The maximum Gasteiger partial charge on any atom is 0.271 e. The molecule has 4 heteroatoms. The zero-order valence-electron chi connectivity index (χ0n) is 8.32. The number of hydrogen-bond donors (Lipinski definition) is 0. The topological polar surface area (TPSA) is 0 Å². The molecule has 0 spiro atoms. The van der Waals surface area contributed by atoms with Crippen LogP contribution >= 0.6 is 15.9 Å². The molecule has 0 unspecified atom stereocenters. The monoisotopic (exact) mass is 278 g/mol. The number of halogens is 4. The number of hydrogen-bond acceptors (Lipinski definition) is 0. The molecule has 0 bridgehead atoms. The first-order chi connectivity index (χ1) is 6.91. The van der Waals surface area contributed by atoms with E-state index in [1.54, 1.807) is 6.07 Å². The first-order valence-corrected chi connectivity index (χ1v) is 5.22. The van der Waals surface area contributed by atoms with Crippen molar-refractivity contribution in [3.05, 3.63) is 39.6 Å². The van der Waals surface area contributed by atoms with Gasteiger partial charge in [0.1, 0.15) is 5.82 Å². The summed E-state index contributed by atoms with van der Waals surface area (Å²) < 4.78 is 37.8. The summed E-state index contributed by atoms with van der Waals surface area (Å²) in [5.41, 5.74) is 0.662. The lowest BCUT2D eigenvalue weighted by Gasteiger charge is -2.08. The Bertz CT molecular complexity index is 370. The molecule has 0 aliphatic rings. The van der Waals surface area contributed by atoms with Crippen molar-refractivity contribution in [2.45, 2.75) is 19.8 Å². The molecule has 0 heterocycles. The van der Waals surface area contributed by atoms with Crippen LogP contribution in [0.4, 0.5) is 13.2 Å². The van der Waals surface area contributed by atoms with Crippen molar-refractivity contribution >= 4 is 22.0 Å². The highest BCUT2D eigenvalue weighted by Crippen LogP contribution is 2.28. The summed E-state index contributed by atoms with van der Waals surface area (Å²) in [6.07, 6.45) is -1.39. The van der Waals surface area contributed by atoms with Crippen LogP contribution < -0.4 is 0 Å². The molecule has 82 valence electrons. The van der Waals surface area contributed by atoms with Crippen LogP contribution in [0.5, 0.6) is 0 Å². The molecule has 1 aromatic rings. The van der Waals surface area contributed by atoms with Gasteiger partial charge in [0.05, 0.1) is 0 Å². The second-order valence-corrected chi connectivity index (χ2v) is 4.34. The summed E-state index contributed by atoms with van der Waals surface area (Å²) in [5.74, 6) is -0.482. The van der Waals surface area contributed by atoms with E-state index in [9.17, 15) is 13.2 Å². The van der Waals surface area contributed by atoms with Crippen molar-refractivity contribution in [1.82, 2.24) is 0 Å². The summed E-state index contributed by atoms with van der Waals surface area (Å²) >= 11 is 3.08. The highest BCUT2D eigenvalue weighted by Gasteiger charge is 2.10. The van der Waals surface area contributed by atoms with E-state index in [0.29, 0.717) is 10.5 Å². The molecule has 0 saturated carbocycles. The first kappa shape index (κ1) is 12.3. The van der Waals surface area contributed by atoms with Gasteiger partial charge in [-0.1, -0.05) is 29.8 Å². The molecule has 0 aliphatic heterocycles. The standard InChI is InChI=1S/C11H10BrF3/c1-6(2)7-3-9(12)8(5-11(14)15)10(13)4-7/h3-6H,1-2H3. The van der Waals surface area contributed by atoms with Crippen LogP contribution in [0.2, 0.25) is 0 Å². The molecule has 1 rings (SSSR count). The molecular weight excluding hydrogens is 269 g/mol. The van der Waals surface area contributed by atoms with Gasteiger partial charge in [-0.05, 0) is 23.6 Å². The van der Waals surface area contributed by atoms with E-state index in [0.717, 1.165) is 5.56 Å². The average molecular weight is 279 g/mol. The highest BCUT2D eigenvalue weighted by molar-refractivity contribution is 9.10. The maximum absolute atomic E-state index is 13.4. The van der Waals surface area contributed by atoms with E-state index in [4.69, 9.17) is 0 Å². The number of rotatable bonds is 2. The summed E-state index contributed by atoms with van der Waals surface area (Å²) in [5, 5.41) is 0. The van der Waals surface area contributed by atoms with Crippen LogP contribution in [0, 0.1) is 5.82 Å². The zero-order valence-corrected chi connectivity index (χ0v) is 9.91. The fraction of sp³-hybridized carbons (Fsp3) is 0.273. The molecule has 1 aromatic carbocycles. The SMILES string of the molecule is CC(C)c1cc(F)c(C=C(F)F)c(Br)c1. The van der Waals surface area contributed by atoms with Gasteiger partial charge in [-0.2, -0.15) is 8.78 Å². The van der Waals surface area contributed by atoms with Crippen molar-refractivity contribution < 1.29 is 13.2 Å². The van der Waals surface area contributed by atoms with E-state index >= 15 is 0 Å². The predicted octanol–water partition coefficient (Wildman–Crippen LogP) is 4.95. The van der Waals surface area contributed by atoms with E-state index in [1.165, 1.54) is 6.07 Å². The fourth-order valence-corrected chi connectivity index (χ4v) is 1.75. The lowest BCUT2D eigenvalue weighted by molar-refractivity contribution is 0.428. The van der Waals surface area contributed by atoms with E-state index < -0.39 is 11.9 Å². The Hall–Kier alpha value is -0.770. The third-order valence-electron chi connectivity index (χ3n) is 2.02. The van der Waals surface area contributed by atoms with Gasteiger partial charge in [-0.25, -0.2) is 4.39 Å². The maximum atomic E-state index is 13.4. The Labute approximate surface area is 94.9 Å². The normalized spacial score (nSPS) is 10.6. The summed E-state index contributed by atoms with van der Waals surface area (Å²) in [7, 11) is 0. The van der Waals surface area contributed by atoms with Gasteiger partial charge in [0, 0.05) is 16.1 Å². The van der Waals surface area contributed by atoms with Gasteiger partial charge in [-0.15, -0.1) is 0 Å². The largest absolute Gasteiger partial charge is 0.271 e. The minimum absolute atomic E-state index is 0.112. The second kappa shape index (κ2) is 4.84. The lowest BCUT2D eigenvalue weighted by Crippen LogP contribution is -1.93. The van der Waals surface area contributed by atoms with Crippen molar-refractivity contribution in [1.29, 1.82) is 0 Å². The molecule has 0 atom stereocenters. The Balaban J connectivity index is 3.27. The third kappa shape index (κ3) is 3.09. The van der Waals surface area contributed by atoms with Crippen LogP contribution in [0.25, 0.3) is 6.08 Å². The van der Waals surface area contributed by atoms with Crippen molar-refractivity contribution in [2.75, 3.05) is 0 Å². The van der Waals surface area contributed by atoms with E-state index in [1.807, 2.05) is 13.8 Å². The van der Waals surface area contributed by atoms with Gasteiger partial charge in [0.15, 0.2) is 0 Å². The summed E-state index contributed by atoms with van der Waals surface area (Å²) in [4.78, 5) is 0. The molecule has 0 saturated heterocycles. The molecule has 0 fully saturated rings. The lowest BCUT2D eigenvalue weighted by atomic mass is 10.0. The molecule has 0 aromatic heterocycles. The molecule has 0 aliphatic carbocycles. The van der Waals surface area contributed by atoms with Gasteiger partial charge in [0.2, 0.25) is 0 Å². The highest BCUT2D eigenvalue weighted by atomic mass is 79.9. The Kier molecular flexibility index (Phi) is 3.97. The average Bonchev–Trinajstić information content (AvgIpc) is 2.10. The van der Waals surface area contributed by atoms with Crippen LogP contribution in [0.15, 0.2) is 22.7 Å². The van der Waals surface area contributed by atoms with Crippen LogP contribution in [-0.2, 0) is 0 Å². The Morgan fingerprint density at radius 3 is 2.33 bits per heavy atom. The van der Waals surface area contributed by atoms with Gasteiger partial charge >= 0.3 is 0 Å². The fourth-order valence-electron chi connectivity index (χ4n) is 1.18. The van der Waals surface area contributed by atoms with Gasteiger partial charge in [0.25, 0.3) is 6.08 Å². The predicted molar refractivity (Wildman–Crippen MR) is 58.4 cm³/mol. The minimum Gasteiger partial charge on any atom is -0.206 e. The Morgan fingerprint density at radius 2 is 1.93 bits per heavy atom. The quantitative estimate of drug-likeness (QED) is 0.718. The van der Waals surface area contributed by atoms with Crippen molar-refractivity contribution in [2.24, 2.45) is 0 Å². The minimum atomic E-state index is -1.91. The zero-order chi connectivity index (χ0) is 11.6. The van der Waals surface area contributed by atoms with Gasteiger partial charge < -0.3 is 0 Å². The van der Waals surface area contributed by atoms with E-state index in [-0.39, 0.29) is 11.5 Å². The van der Waals surface area contributed by atoms with Crippen LogP contribution in [0.3, 0.4) is 0 Å². The first-order valence-electron chi connectivity index (χ1n) is 4.43. The van der Waals surface area contributed by atoms with Gasteiger partial charge in [-0.3, -0.25) is 0 Å². The molecule has 0 radical (unpaired) electrons. The molecular formula is C11H10BrF3. The second-order valence-electron chi connectivity index (χ2n) is 3.49. The summed E-state index contributed by atoms with van der Waals surface area (Å²) in [6.45, 7) is 3.82. The number of benzene rings is 1. The van der Waals surface area contributed by atoms with E-state index in [2.05, 4.69) is 15.9 Å². The molecule has 0 amide bonds. The van der Waals surface area contributed by atoms with Crippen LogP contribution in [-0.4, -0.2) is 0 Å². The molecule has 0 N–H and O–H groups in total. The van der Waals surface area contributed by atoms with Crippen molar-refractivity contribution in [3.63, 3.8) is 0 Å². The third-order valence-corrected chi connectivity index (χ3v) is 2.68.